The first kappa shape index (κ1) is 17.5. The molecule has 124 valence electrons. The molecule has 2 rings (SSSR count). The fourth-order valence-corrected chi connectivity index (χ4v) is 3.66. The second-order valence-electron chi connectivity index (χ2n) is 6.86. The molecule has 0 saturated carbocycles. The Bertz CT molecular complexity index is 515. The molecule has 0 unspecified atom stereocenters. The van der Waals surface area contributed by atoms with Gasteiger partial charge in [0.25, 0.3) is 0 Å². The van der Waals surface area contributed by atoms with Crippen LogP contribution < -0.4 is 0 Å². The number of ether oxygens (including phenoxy) is 1. The number of hydrogen-bond acceptors (Lipinski definition) is 5. The topological polar surface area (TPSA) is 45.7 Å². The highest BCUT2D eigenvalue weighted by atomic mass is 35.5. The van der Waals surface area contributed by atoms with E-state index in [0.29, 0.717) is 10.4 Å². The average Bonchev–Trinajstić information content (AvgIpc) is 2.96. The molecule has 1 aromatic rings. The van der Waals surface area contributed by atoms with Crippen molar-refractivity contribution in [1.82, 2.24) is 14.8 Å². The van der Waals surface area contributed by atoms with Crippen LogP contribution in [0.15, 0.2) is 6.20 Å². The highest BCUT2D eigenvalue weighted by Crippen LogP contribution is 2.22. The zero-order valence-electron chi connectivity index (χ0n) is 13.6. The zero-order chi connectivity index (χ0) is 16.3. The molecule has 0 aliphatic carbocycles. The second kappa shape index (κ2) is 7.15. The summed E-state index contributed by atoms with van der Waals surface area (Å²) < 4.78 is 6.01. The summed E-state index contributed by atoms with van der Waals surface area (Å²) >= 11 is 7.37. The Morgan fingerprint density at radius 1 is 1.59 bits per heavy atom. The van der Waals surface area contributed by atoms with Gasteiger partial charge >= 0.3 is 6.09 Å². The van der Waals surface area contributed by atoms with E-state index >= 15 is 0 Å². The van der Waals surface area contributed by atoms with E-state index in [1.807, 2.05) is 31.9 Å². The zero-order valence-corrected chi connectivity index (χ0v) is 15.2. The number of aromatic nitrogens is 1. The van der Waals surface area contributed by atoms with Crippen molar-refractivity contribution in [1.29, 1.82) is 0 Å². The molecule has 1 atom stereocenters. The molecule has 1 saturated heterocycles. The number of carbonyl (C=O) groups is 1. The van der Waals surface area contributed by atoms with E-state index in [-0.39, 0.29) is 6.09 Å². The van der Waals surface area contributed by atoms with Crippen molar-refractivity contribution in [3.8, 4) is 0 Å². The van der Waals surface area contributed by atoms with Gasteiger partial charge in [-0.2, -0.15) is 0 Å². The van der Waals surface area contributed by atoms with Gasteiger partial charge in [-0.25, -0.2) is 9.78 Å². The summed E-state index contributed by atoms with van der Waals surface area (Å²) in [6.07, 6.45) is 2.64. The first-order chi connectivity index (χ1) is 10.2. The van der Waals surface area contributed by atoms with Crippen molar-refractivity contribution in [2.75, 3.05) is 26.7 Å². The van der Waals surface area contributed by atoms with Gasteiger partial charge in [-0.05, 0) is 40.2 Å². The van der Waals surface area contributed by atoms with E-state index in [9.17, 15) is 4.79 Å². The summed E-state index contributed by atoms with van der Waals surface area (Å²) in [5.41, 5.74) is -0.433. The van der Waals surface area contributed by atoms with E-state index in [4.69, 9.17) is 16.3 Å². The minimum Gasteiger partial charge on any atom is -0.444 e. The minimum atomic E-state index is -0.433. The van der Waals surface area contributed by atoms with Crippen LogP contribution in [0.4, 0.5) is 4.79 Å². The molecule has 5 nitrogen and oxygen atoms in total. The Morgan fingerprint density at radius 2 is 2.32 bits per heavy atom. The number of nitrogens with zero attached hydrogens (tertiary/aromatic N) is 3. The van der Waals surface area contributed by atoms with Crippen molar-refractivity contribution in [2.24, 2.45) is 5.92 Å². The van der Waals surface area contributed by atoms with Crippen LogP contribution in [0.2, 0.25) is 4.47 Å². The van der Waals surface area contributed by atoms with Crippen LogP contribution in [-0.2, 0) is 11.3 Å². The fourth-order valence-electron chi connectivity index (χ4n) is 2.60. The molecule has 0 spiro atoms. The van der Waals surface area contributed by atoms with Crippen molar-refractivity contribution >= 4 is 29.0 Å². The lowest BCUT2D eigenvalue weighted by Crippen LogP contribution is -2.36. The molecular weight excluding hydrogens is 322 g/mol. The quantitative estimate of drug-likeness (QED) is 0.838. The standard InChI is InChI=1S/C15H24ClN3O2S/c1-15(2,3)21-14(20)19-6-5-11(9-19)8-18(4)10-12-7-17-13(16)22-12/h7,11H,5-6,8-10H2,1-4H3/t11-/m0/s1. The molecule has 0 N–H and O–H groups in total. The third-order valence-corrected chi connectivity index (χ3v) is 4.56. The SMILES string of the molecule is CN(Cc1cnc(Cl)s1)C[C@@H]1CCN(C(=O)OC(C)(C)C)C1. The van der Waals surface area contributed by atoms with Gasteiger partial charge in [0.2, 0.25) is 0 Å². The molecule has 1 aliphatic heterocycles. The van der Waals surface area contributed by atoms with Gasteiger partial charge in [0.1, 0.15) is 5.60 Å². The summed E-state index contributed by atoms with van der Waals surface area (Å²) in [5.74, 6) is 0.487. The Kier molecular flexibility index (Phi) is 5.69. The van der Waals surface area contributed by atoms with Gasteiger partial charge < -0.3 is 14.5 Å². The summed E-state index contributed by atoms with van der Waals surface area (Å²) in [6.45, 7) is 9.02. The Labute approximate surface area is 141 Å². The van der Waals surface area contributed by atoms with Crippen LogP contribution in [-0.4, -0.2) is 53.2 Å². The first-order valence-electron chi connectivity index (χ1n) is 7.49. The smallest absolute Gasteiger partial charge is 0.410 e. The number of halogens is 1. The van der Waals surface area contributed by atoms with Gasteiger partial charge in [-0.15, -0.1) is 11.3 Å². The van der Waals surface area contributed by atoms with E-state index in [1.165, 1.54) is 11.3 Å². The molecule has 1 fully saturated rings. The fraction of sp³-hybridized carbons (Fsp3) is 0.733. The lowest BCUT2D eigenvalue weighted by atomic mass is 10.1. The average molecular weight is 346 g/mol. The number of thiazole rings is 1. The molecular formula is C15H24ClN3O2S. The highest BCUT2D eigenvalue weighted by molar-refractivity contribution is 7.15. The number of amides is 1. The Hall–Kier alpha value is -0.850. The van der Waals surface area contributed by atoms with E-state index in [1.54, 1.807) is 0 Å². The van der Waals surface area contributed by atoms with Crippen LogP contribution in [0.1, 0.15) is 32.1 Å². The lowest BCUT2D eigenvalue weighted by molar-refractivity contribution is 0.0285. The lowest BCUT2D eigenvalue weighted by Gasteiger charge is -2.25. The Morgan fingerprint density at radius 3 is 2.91 bits per heavy atom. The van der Waals surface area contributed by atoms with E-state index < -0.39 is 5.60 Å². The van der Waals surface area contributed by atoms with Gasteiger partial charge in [0.15, 0.2) is 4.47 Å². The third-order valence-electron chi connectivity index (χ3n) is 3.46. The largest absolute Gasteiger partial charge is 0.444 e. The molecule has 0 aromatic carbocycles. The molecule has 1 aromatic heterocycles. The third kappa shape index (κ3) is 5.41. The van der Waals surface area contributed by atoms with E-state index in [0.717, 1.165) is 37.5 Å². The maximum absolute atomic E-state index is 12.1. The van der Waals surface area contributed by atoms with Crippen LogP contribution >= 0.6 is 22.9 Å². The minimum absolute atomic E-state index is 0.202. The van der Waals surface area contributed by atoms with Crippen LogP contribution in [0, 0.1) is 5.92 Å². The van der Waals surface area contributed by atoms with Crippen LogP contribution in [0.5, 0.6) is 0 Å². The van der Waals surface area contributed by atoms with Gasteiger partial charge in [0.05, 0.1) is 0 Å². The molecule has 1 aliphatic rings. The summed E-state index contributed by atoms with van der Waals surface area (Å²) in [6, 6.07) is 0. The maximum atomic E-state index is 12.1. The number of carbonyl (C=O) groups excluding carboxylic acids is 1. The normalized spacial score (nSPS) is 19.0. The number of likely N-dealkylation sites (tertiary alicyclic amines) is 1. The predicted molar refractivity (Wildman–Crippen MR) is 89.4 cm³/mol. The van der Waals surface area contributed by atoms with Crippen LogP contribution in [0.3, 0.4) is 0 Å². The molecule has 0 radical (unpaired) electrons. The van der Waals surface area contributed by atoms with Crippen molar-refractivity contribution in [2.45, 2.75) is 39.3 Å². The van der Waals surface area contributed by atoms with Gasteiger partial charge in [-0.1, -0.05) is 11.6 Å². The van der Waals surface area contributed by atoms with Crippen molar-refractivity contribution in [3.05, 3.63) is 15.5 Å². The molecule has 1 amide bonds. The highest BCUT2D eigenvalue weighted by Gasteiger charge is 2.30. The second-order valence-corrected chi connectivity index (χ2v) is 8.55. The van der Waals surface area contributed by atoms with Crippen molar-refractivity contribution < 1.29 is 9.53 Å². The van der Waals surface area contributed by atoms with E-state index in [2.05, 4.69) is 16.9 Å². The molecule has 22 heavy (non-hydrogen) atoms. The summed E-state index contributed by atoms with van der Waals surface area (Å²) in [4.78, 5) is 21.3. The predicted octanol–water partition coefficient (Wildman–Crippen LogP) is 3.49. The summed E-state index contributed by atoms with van der Waals surface area (Å²) in [5, 5.41) is 0. The number of hydrogen-bond donors (Lipinski definition) is 0. The molecule has 7 heteroatoms. The summed E-state index contributed by atoms with van der Waals surface area (Å²) in [7, 11) is 2.09. The van der Waals surface area contributed by atoms with Gasteiger partial charge in [-0.3, -0.25) is 0 Å². The van der Waals surface area contributed by atoms with Crippen LogP contribution in [0.25, 0.3) is 0 Å². The van der Waals surface area contributed by atoms with Crippen molar-refractivity contribution in [3.63, 3.8) is 0 Å². The Balaban J connectivity index is 1.77. The molecule has 0 bridgehead atoms. The van der Waals surface area contributed by atoms with Gasteiger partial charge in [0, 0.05) is 37.3 Å². The maximum Gasteiger partial charge on any atom is 0.410 e. The first-order valence-corrected chi connectivity index (χ1v) is 8.69. The molecule has 2 heterocycles. The monoisotopic (exact) mass is 345 g/mol. The number of rotatable bonds is 4.